The normalized spacial score (nSPS) is 26.5. The van der Waals surface area contributed by atoms with Gasteiger partial charge in [0.2, 0.25) is 5.91 Å². The minimum Gasteiger partial charge on any atom is -0.394 e. The fourth-order valence-corrected chi connectivity index (χ4v) is 3.26. The molecule has 2 unspecified atom stereocenters. The number of carbonyl (C=O) groups is 1. The van der Waals surface area contributed by atoms with Crippen LogP contribution in [0.3, 0.4) is 0 Å². The molecule has 7 nitrogen and oxygen atoms in total. The van der Waals surface area contributed by atoms with Crippen LogP contribution < -0.4 is 5.32 Å². The molecule has 186 valence electrons. The van der Waals surface area contributed by atoms with Crippen molar-refractivity contribution in [1.29, 1.82) is 0 Å². The summed E-state index contributed by atoms with van der Waals surface area (Å²) in [5.74, 6) is -0.344. The maximum absolute atomic E-state index is 12.1. The highest BCUT2D eigenvalue weighted by atomic mass is 16.6. The smallest absolute Gasteiger partial charge is 0.220 e. The van der Waals surface area contributed by atoms with Crippen molar-refractivity contribution in [2.24, 2.45) is 0 Å². The number of rotatable bonds is 15. The Kier molecular flexibility index (Phi) is 16.2. The molecule has 5 atom stereocenters. The van der Waals surface area contributed by atoms with Gasteiger partial charge in [-0.05, 0) is 44.9 Å². The molecule has 1 rings (SSSR count). The lowest BCUT2D eigenvalue weighted by molar-refractivity contribution is -0.253. The number of allylic oxidation sites excluding steroid dienone is 10. The van der Waals surface area contributed by atoms with Crippen molar-refractivity contribution in [2.75, 3.05) is 6.61 Å². The first kappa shape index (κ1) is 29.0. The molecule has 0 aromatic heterocycles. The zero-order chi connectivity index (χ0) is 24.3. The average molecular weight is 464 g/mol. The van der Waals surface area contributed by atoms with E-state index in [2.05, 4.69) is 66.9 Å². The predicted octanol–water partition coefficient (Wildman–Crippen LogP) is 2.82. The number of nitrogens with one attached hydrogen (secondary N) is 1. The lowest BCUT2D eigenvalue weighted by Crippen LogP contribution is -2.64. The quantitative estimate of drug-likeness (QED) is 0.188. The van der Waals surface area contributed by atoms with Crippen molar-refractivity contribution in [1.82, 2.24) is 5.32 Å². The molecule has 1 amide bonds. The van der Waals surface area contributed by atoms with Gasteiger partial charge >= 0.3 is 0 Å². The highest BCUT2D eigenvalue weighted by molar-refractivity contribution is 5.76. The molecule has 0 radical (unpaired) electrons. The summed E-state index contributed by atoms with van der Waals surface area (Å²) in [4.78, 5) is 12.1. The molecule has 1 aliphatic rings. The number of unbranched alkanes of at least 4 members (excludes halogenated alkanes) is 1. The molecule has 0 aliphatic carbocycles. The van der Waals surface area contributed by atoms with Gasteiger partial charge in [0.05, 0.1) is 6.61 Å². The first-order valence-electron chi connectivity index (χ1n) is 11.9. The first-order valence-corrected chi connectivity index (χ1v) is 11.9. The van der Waals surface area contributed by atoms with Gasteiger partial charge in [-0.2, -0.15) is 0 Å². The summed E-state index contributed by atoms with van der Waals surface area (Å²) in [6, 6.07) is -1.14. The number of aliphatic hydroxyl groups excluding tert-OH is 4. The Balaban J connectivity index is 2.10. The van der Waals surface area contributed by atoms with E-state index in [1.165, 1.54) is 0 Å². The van der Waals surface area contributed by atoms with Crippen molar-refractivity contribution in [2.45, 2.75) is 88.9 Å². The van der Waals surface area contributed by atoms with Crippen LogP contribution in [0.2, 0.25) is 0 Å². The molecule has 5 N–H and O–H groups in total. The van der Waals surface area contributed by atoms with Crippen molar-refractivity contribution >= 4 is 5.91 Å². The Bertz CT molecular complexity index is 670. The second-order valence-electron chi connectivity index (χ2n) is 7.92. The molecule has 1 fully saturated rings. The van der Waals surface area contributed by atoms with Gasteiger partial charge in [-0.3, -0.25) is 4.79 Å². The molecule has 1 aliphatic heterocycles. The third-order valence-corrected chi connectivity index (χ3v) is 5.16. The van der Waals surface area contributed by atoms with Crippen molar-refractivity contribution in [3.63, 3.8) is 0 Å². The molecule has 0 bridgehead atoms. The fourth-order valence-electron chi connectivity index (χ4n) is 3.26. The standard InChI is InChI=1S/C26H41NO6/c1-2-3-4-5-6-7-8-9-10-11-12-13-14-15-16-17-18-19-22(29)27-23-25(31)24(30)21(20-28)33-26(23)32/h3-4,6-7,9-10,12-13,15-16,21,23-26,28,30-32H,2,5,8,11,14,17-20H2,1H3,(H,27,29)/b4-3-,7-6-,10-9-,13-12-,16-15-/t21?,23?,24-,25-,26-/m1/s1. The Morgan fingerprint density at radius 3 is 1.85 bits per heavy atom. The lowest BCUT2D eigenvalue weighted by atomic mass is 9.97. The van der Waals surface area contributed by atoms with E-state index in [4.69, 9.17) is 9.84 Å². The molecule has 0 spiro atoms. The summed E-state index contributed by atoms with van der Waals surface area (Å²) in [6.45, 7) is 1.59. The van der Waals surface area contributed by atoms with Crippen molar-refractivity contribution < 1.29 is 30.0 Å². The molecule has 0 aromatic carbocycles. The van der Waals surface area contributed by atoms with E-state index in [-0.39, 0.29) is 12.3 Å². The molecular weight excluding hydrogens is 422 g/mol. The van der Waals surface area contributed by atoms with Gasteiger partial charge in [0.15, 0.2) is 6.29 Å². The zero-order valence-electron chi connectivity index (χ0n) is 19.6. The van der Waals surface area contributed by atoms with Crippen molar-refractivity contribution in [3.05, 3.63) is 60.8 Å². The number of carbonyl (C=O) groups excluding carboxylic acids is 1. The molecule has 0 saturated carbocycles. The Morgan fingerprint density at radius 1 is 0.818 bits per heavy atom. The molecule has 0 aromatic rings. The van der Waals surface area contributed by atoms with Crippen LogP contribution in [0.15, 0.2) is 60.8 Å². The van der Waals surface area contributed by atoms with Crippen LogP contribution >= 0.6 is 0 Å². The van der Waals surface area contributed by atoms with Gasteiger partial charge in [0.1, 0.15) is 24.4 Å². The van der Waals surface area contributed by atoms with Gasteiger partial charge in [-0.15, -0.1) is 0 Å². The number of hydrogen-bond donors (Lipinski definition) is 5. The van der Waals surface area contributed by atoms with Gasteiger partial charge in [0.25, 0.3) is 0 Å². The molecular formula is C26H41NO6. The maximum Gasteiger partial charge on any atom is 0.220 e. The summed E-state index contributed by atoms with van der Waals surface area (Å²) in [5.41, 5.74) is 0. The van der Waals surface area contributed by atoms with Crippen LogP contribution in [-0.2, 0) is 9.53 Å². The van der Waals surface area contributed by atoms with E-state index in [0.29, 0.717) is 6.42 Å². The molecule has 33 heavy (non-hydrogen) atoms. The minimum absolute atomic E-state index is 0.226. The van der Waals surface area contributed by atoms with E-state index in [9.17, 15) is 20.1 Å². The number of hydrogen-bond acceptors (Lipinski definition) is 6. The third-order valence-electron chi connectivity index (χ3n) is 5.16. The first-order chi connectivity index (χ1) is 16.0. The van der Waals surface area contributed by atoms with E-state index < -0.39 is 37.3 Å². The Labute approximate surface area is 197 Å². The Morgan fingerprint density at radius 2 is 1.33 bits per heavy atom. The monoisotopic (exact) mass is 463 g/mol. The van der Waals surface area contributed by atoms with E-state index in [1.54, 1.807) is 0 Å². The van der Waals surface area contributed by atoms with Crippen LogP contribution in [-0.4, -0.2) is 63.6 Å². The number of aliphatic hydroxyl groups is 4. The fraction of sp³-hybridized carbons (Fsp3) is 0.577. The van der Waals surface area contributed by atoms with Crippen LogP contribution in [0.5, 0.6) is 0 Å². The van der Waals surface area contributed by atoms with Crippen molar-refractivity contribution in [3.8, 4) is 0 Å². The number of ether oxygens (including phenoxy) is 1. The summed E-state index contributed by atoms with van der Waals surface area (Å²) in [7, 11) is 0. The summed E-state index contributed by atoms with van der Waals surface area (Å²) >= 11 is 0. The maximum atomic E-state index is 12.1. The summed E-state index contributed by atoms with van der Waals surface area (Å²) in [6.07, 6.45) is 22.3. The summed E-state index contributed by atoms with van der Waals surface area (Å²) in [5, 5.41) is 41.3. The lowest BCUT2D eigenvalue weighted by Gasteiger charge is -2.40. The summed E-state index contributed by atoms with van der Waals surface area (Å²) < 4.78 is 5.02. The Hall–Kier alpha value is -2.03. The average Bonchev–Trinajstić information content (AvgIpc) is 2.81. The van der Waals surface area contributed by atoms with Gasteiger partial charge in [-0.25, -0.2) is 0 Å². The molecule has 1 heterocycles. The van der Waals surface area contributed by atoms with Gasteiger partial charge in [-0.1, -0.05) is 67.7 Å². The highest BCUT2D eigenvalue weighted by Gasteiger charge is 2.44. The third kappa shape index (κ3) is 12.7. The second kappa shape index (κ2) is 18.4. The molecule has 7 heteroatoms. The second-order valence-corrected chi connectivity index (χ2v) is 7.92. The molecule has 1 saturated heterocycles. The predicted molar refractivity (Wildman–Crippen MR) is 130 cm³/mol. The zero-order valence-corrected chi connectivity index (χ0v) is 19.6. The largest absolute Gasteiger partial charge is 0.394 e. The number of amides is 1. The van der Waals surface area contributed by atoms with E-state index in [0.717, 1.165) is 38.5 Å². The van der Waals surface area contributed by atoms with Crippen LogP contribution in [0.25, 0.3) is 0 Å². The highest BCUT2D eigenvalue weighted by Crippen LogP contribution is 2.20. The minimum atomic E-state index is -1.49. The van der Waals surface area contributed by atoms with Crippen LogP contribution in [0.4, 0.5) is 0 Å². The van der Waals surface area contributed by atoms with E-state index in [1.807, 2.05) is 6.08 Å². The van der Waals surface area contributed by atoms with Crippen LogP contribution in [0, 0.1) is 0 Å². The SMILES string of the molecule is CC/C=C\C/C=C\C/C=C\C/C=C\C/C=C\CCCC(=O)NC1[C@H](O)OC(CO)[C@@H](O)[C@@H]1O. The topological polar surface area (TPSA) is 119 Å². The van der Waals surface area contributed by atoms with E-state index >= 15 is 0 Å². The van der Waals surface area contributed by atoms with Gasteiger partial charge < -0.3 is 30.5 Å². The van der Waals surface area contributed by atoms with Gasteiger partial charge in [0, 0.05) is 6.42 Å². The van der Waals surface area contributed by atoms with Crippen LogP contribution in [0.1, 0.15) is 58.3 Å².